The molecule has 0 N–H and O–H groups in total. The molecule has 1 atom stereocenters. The molecule has 2 aliphatic heterocycles. The van der Waals surface area contributed by atoms with Gasteiger partial charge in [0.2, 0.25) is 0 Å². The number of rotatable bonds is 3. The van der Waals surface area contributed by atoms with Gasteiger partial charge >= 0.3 is 6.09 Å². The summed E-state index contributed by atoms with van der Waals surface area (Å²) in [6, 6.07) is 9.88. The second-order valence-corrected chi connectivity index (χ2v) is 7.82. The Bertz CT molecular complexity index is 799. The standard InChI is InChI=1S/C19H21N3O3S/c1-13-12-25-19(24)22(13)14-7-10-21(11-8-14)18(23)17-6-5-16(26-17)15-4-2-3-9-20-15/h2-6,9,13-14H,7-8,10-12H2,1H3. The molecule has 136 valence electrons. The van der Waals surface area contributed by atoms with Gasteiger partial charge < -0.3 is 9.64 Å². The lowest BCUT2D eigenvalue weighted by atomic mass is 10.0. The Morgan fingerprint density at radius 2 is 2.04 bits per heavy atom. The quantitative estimate of drug-likeness (QED) is 0.831. The maximum Gasteiger partial charge on any atom is 0.410 e. The second kappa shape index (κ2) is 7.07. The third kappa shape index (κ3) is 3.19. The molecule has 0 aliphatic carbocycles. The van der Waals surface area contributed by atoms with Gasteiger partial charge in [0, 0.05) is 25.3 Å². The van der Waals surface area contributed by atoms with Crippen LogP contribution >= 0.6 is 11.3 Å². The fourth-order valence-corrected chi connectivity index (χ4v) is 4.59. The molecule has 4 heterocycles. The van der Waals surface area contributed by atoms with E-state index in [4.69, 9.17) is 4.74 Å². The fraction of sp³-hybridized carbons (Fsp3) is 0.421. The van der Waals surface area contributed by atoms with E-state index in [-0.39, 0.29) is 24.1 Å². The minimum Gasteiger partial charge on any atom is -0.447 e. The van der Waals surface area contributed by atoms with Gasteiger partial charge in [0.25, 0.3) is 5.91 Å². The highest BCUT2D eigenvalue weighted by Crippen LogP contribution is 2.29. The van der Waals surface area contributed by atoms with Gasteiger partial charge in [-0.3, -0.25) is 14.7 Å². The molecule has 0 aromatic carbocycles. The molecule has 0 spiro atoms. The van der Waals surface area contributed by atoms with E-state index in [1.165, 1.54) is 11.3 Å². The molecule has 0 bridgehead atoms. The van der Waals surface area contributed by atoms with E-state index in [1.54, 1.807) is 6.20 Å². The molecule has 7 heteroatoms. The maximum absolute atomic E-state index is 12.8. The van der Waals surface area contributed by atoms with E-state index in [0.29, 0.717) is 19.7 Å². The summed E-state index contributed by atoms with van der Waals surface area (Å²) in [5.41, 5.74) is 0.886. The molecular weight excluding hydrogens is 350 g/mol. The number of piperidine rings is 1. The van der Waals surface area contributed by atoms with Crippen LogP contribution in [0.5, 0.6) is 0 Å². The molecule has 0 saturated carbocycles. The van der Waals surface area contributed by atoms with E-state index < -0.39 is 0 Å². The number of thiophene rings is 1. The first kappa shape index (κ1) is 17.0. The zero-order valence-electron chi connectivity index (χ0n) is 14.6. The highest BCUT2D eigenvalue weighted by Gasteiger charge is 2.37. The van der Waals surface area contributed by atoms with Crippen molar-refractivity contribution in [2.75, 3.05) is 19.7 Å². The van der Waals surface area contributed by atoms with Crippen LogP contribution in [0.3, 0.4) is 0 Å². The predicted octanol–water partition coefficient (Wildman–Crippen LogP) is 3.26. The van der Waals surface area contributed by atoms with Gasteiger partial charge in [0.1, 0.15) is 6.61 Å². The van der Waals surface area contributed by atoms with Crippen LogP contribution in [0.15, 0.2) is 36.5 Å². The third-order valence-corrected chi connectivity index (χ3v) is 6.11. The number of hydrogen-bond acceptors (Lipinski definition) is 5. The largest absolute Gasteiger partial charge is 0.447 e. The van der Waals surface area contributed by atoms with Gasteiger partial charge in [-0.2, -0.15) is 0 Å². The molecule has 2 aliphatic rings. The number of nitrogens with zero attached hydrogens (tertiary/aromatic N) is 3. The number of carbonyl (C=O) groups is 2. The van der Waals surface area contributed by atoms with E-state index in [1.807, 2.05) is 47.1 Å². The van der Waals surface area contributed by atoms with Crippen molar-refractivity contribution in [2.24, 2.45) is 0 Å². The van der Waals surface area contributed by atoms with Crippen LogP contribution in [0.2, 0.25) is 0 Å². The summed E-state index contributed by atoms with van der Waals surface area (Å²) in [4.78, 5) is 34.5. The molecule has 2 fully saturated rings. The Morgan fingerprint density at radius 1 is 1.23 bits per heavy atom. The molecule has 4 rings (SSSR count). The average Bonchev–Trinajstić information content (AvgIpc) is 3.29. The van der Waals surface area contributed by atoms with Crippen molar-refractivity contribution >= 4 is 23.3 Å². The molecule has 2 amide bonds. The minimum absolute atomic E-state index is 0.0627. The van der Waals surface area contributed by atoms with Gasteiger partial charge in [0.15, 0.2) is 0 Å². The smallest absolute Gasteiger partial charge is 0.410 e. The van der Waals surface area contributed by atoms with Crippen molar-refractivity contribution in [1.29, 1.82) is 0 Å². The van der Waals surface area contributed by atoms with Gasteiger partial charge in [-0.1, -0.05) is 6.07 Å². The van der Waals surface area contributed by atoms with Crippen molar-refractivity contribution < 1.29 is 14.3 Å². The Balaban J connectivity index is 1.40. The molecule has 1 unspecified atom stereocenters. The highest BCUT2D eigenvalue weighted by molar-refractivity contribution is 7.17. The Labute approximate surface area is 156 Å². The highest BCUT2D eigenvalue weighted by atomic mass is 32.1. The normalized spacial score (nSPS) is 21.1. The van der Waals surface area contributed by atoms with Crippen LogP contribution in [-0.2, 0) is 4.74 Å². The first-order valence-electron chi connectivity index (χ1n) is 8.89. The Morgan fingerprint density at radius 3 is 2.69 bits per heavy atom. The molecule has 2 aromatic heterocycles. The third-order valence-electron chi connectivity index (χ3n) is 5.01. The lowest BCUT2D eigenvalue weighted by Crippen LogP contribution is -2.49. The van der Waals surface area contributed by atoms with Crippen molar-refractivity contribution in [3.63, 3.8) is 0 Å². The van der Waals surface area contributed by atoms with Crippen LogP contribution in [0.1, 0.15) is 29.4 Å². The number of carbonyl (C=O) groups excluding carboxylic acids is 2. The van der Waals surface area contributed by atoms with Crippen LogP contribution < -0.4 is 0 Å². The van der Waals surface area contributed by atoms with E-state index in [9.17, 15) is 9.59 Å². The number of hydrogen-bond donors (Lipinski definition) is 0. The van der Waals surface area contributed by atoms with E-state index in [2.05, 4.69) is 4.98 Å². The molecule has 0 radical (unpaired) electrons. The number of pyridine rings is 1. The Hall–Kier alpha value is -2.41. The number of ether oxygens (including phenoxy) is 1. The predicted molar refractivity (Wildman–Crippen MR) is 99.1 cm³/mol. The van der Waals surface area contributed by atoms with Crippen LogP contribution in [0.25, 0.3) is 10.6 Å². The molecule has 6 nitrogen and oxygen atoms in total. The maximum atomic E-state index is 12.8. The topological polar surface area (TPSA) is 62.7 Å². The molecule has 2 saturated heterocycles. The fourth-order valence-electron chi connectivity index (χ4n) is 3.64. The number of likely N-dealkylation sites (tertiary alicyclic amines) is 1. The van der Waals surface area contributed by atoms with Crippen molar-refractivity contribution in [3.8, 4) is 10.6 Å². The van der Waals surface area contributed by atoms with Gasteiger partial charge in [0.05, 0.1) is 21.5 Å². The van der Waals surface area contributed by atoms with E-state index >= 15 is 0 Å². The minimum atomic E-state index is -0.222. The summed E-state index contributed by atoms with van der Waals surface area (Å²) in [5, 5.41) is 0. The lowest BCUT2D eigenvalue weighted by molar-refractivity contribution is 0.0646. The molecule has 2 aromatic rings. The summed E-state index contributed by atoms with van der Waals surface area (Å²) in [6.07, 6.45) is 3.12. The molecular formula is C19H21N3O3S. The van der Waals surface area contributed by atoms with Crippen LogP contribution in [0.4, 0.5) is 4.79 Å². The summed E-state index contributed by atoms with van der Waals surface area (Å²) in [6.45, 7) is 3.80. The number of aromatic nitrogens is 1. The Kier molecular flexibility index (Phi) is 4.63. The van der Waals surface area contributed by atoms with Crippen LogP contribution in [-0.4, -0.2) is 58.6 Å². The number of amides is 2. The summed E-state index contributed by atoms with van der Waals surface area (Å²) in [7, 11) is 0. The second-order valence-electron chi connectivity index (χ2n) is 6.74. The summed E-state index contributed by atoms with van der Waals surface area (Å²) < 4.78 is 5.12. The number of cyclic esters (lactones) is 1. The van der Waals surface area contributed by atoms with Crippen molar-refractivity contribution in [1.82, 2.24) is 14.8 Å². The van der Waals surface area contributed by atoms with E-state index in [0.717, 1.165) is 28.3 Å². The monoisotopic (exact) mass is 371 g/mol. The van der Waals surface area contributed by atoms with Crippen molar-refractivity contribution in [2.45, 2.75) is 31.8 Å². The summed E-state index contributed by atoms with van der Waals surface area (Å²) in [5.74, 6) is 0.0627. The zero-order valence-corrected chi connectivity index (χ0v) is 15.4. The zero-order chi connectivity index (χ0) is 18.1. The summed E-state index contributed by atoms with van der Waals surface area (Å²) >= 11 is 1.48. The van der Waals surface area contributed by atoms with Crippen molar-refractivity contribution in [3.05, 3.63) is 41.4 Å². The van der Waals surface area contributed by atoms with Gasteiger partial charge in [-0.15, -0.1) is 11.3 Å². The molecule has 26 heavy (non-hydrogen) atoms. The van der Waals surface area contributed by atoms with Crippen LogP contribution in [0, 0.1) is 0 Å². The average molecular weight is 371 g/mol. The lowest BCUT2D eigenvalue weighted by Gasteiger charge is -2.37. The van der Waals surface area contributed by atoms with Gasteiger partial charge in [-0.25, -0.2) is 4.79 Å². The first-order valence-corrected chi connectivity index (χ1v) is 9.71. The SMILES string of the molecule is CC1COC(=O)N1C1CCN(C(=O)c2ccc(-c3ccccn3)s2)CC1. The van der Waals surface area contributed by atoms with Gasteiger partial charge in [-0.05, 0) is 44.0 Å². The first-order chi connectivity index (χ1) is 12.6.